The van der Waals surface area contributed by atoms with Gasteiger partial charge in [0.05, 0.1) is 18.4 Å². The van der Waals surface area contributed by atoms with E-state index in [-0.39, 0.29) is 11.7 Å². The SMILES string of the molecule is CCS(=O)(=O)N1CCN(C(=O)c2cc(Cl)c(C)cc2OC)CC1. The van der Waals surface area contributed by atoms with E-state index in [2.05, 4.69) is 0 Å². The van der Waals surface area contributed by atoms with E-state index < -0.39 is 10.0 Å². The molecule has 1 aromatic carbocycles. The fourth-order valence-electron chi connectivity index (χ4n) is 2.51. The van der Waals surface area contributed by atoms with Crippen LogP contribution in [0.3, 0.4) is 0 Å². The summed E-state index contributed by atoms with van der Waals surface area (Å²) in [6.45, 7) is 4.78. The second-order valence-electron chi connectivity index (χ2n) is 5.39. The van der Waals surface area contributed by atoms with Crippen molar-refractivity contribution >= 4 is 27.5 Å². The smallest absolute Gasteiger partial charge is 0.257 e. The number of ether oxygens (including phenoxy) is 1. The van der Waals surface area contributed by atoms with Gasteiger partial charge in [0.2, 0.25) is 10.0 Å². The Kier molecular flexibility index (Phi) is 5.54. The van der Waals surface area contributed by atoms with Gasteiger partial charge in [0.25, 0.3) is 5.91 Å². The average Bonchev–Trinajstić information content (AvgIpc) is 2.56. The molecule has 8 heteroatoms. The third-order valence-electron chi connectivity index (χ3n) is 4.00. The molecule has 0 atom stereocenters. The van der Waals surface area contributed by atoms with Gasteiger partial charge in [-0.2, -0.15) is 4.31 Å². The number of methoxy groups -OCH3 is 1. The topological polar surface area (TPSA) is 66.9 Å². The van der Waals surface area contributed by atoms with E-state index in [0.29, 0.717) is 42.5 Å². The summed E-state index contributed by atoms with van der Waals surface area (Å²) in [6, 6.07) is 3.33. The molecule has 1 aliphatic heterocycles. The summed E-state index contributed by atoms with van der Waals surface area (Å²) in [4.78, 5) is 14.3. The molecule has 1 amide bonds. The van der Waals surface area contributed by atoms with Gasteiger partial charge in [-0.25, -0.2) is 8.42 Å². The maximum atomic E-state index is 12.7. The molecule has 0 spiro atoms. The Bertz CT molecular complexity index is 698. The Morgan fingerprint density at radius 2 is 1.87 bits per heavy atom. The second-order valence-corrected chi connectivity index (χ2v) is 8.06. The van der Waals surface area contributed by atoms with Crippen molar-refractivity contribution in [2.45, 2.75) is 13.8 Å². The third-order valence-corrected chi connectivity index (χ3v) is 6.28. The van der Waals surface area contributed by atoms with Gasteiger partial charge in [-0.1, -0.05) is 11.6 Å². The minimum atomic E-state index is -3.21. The Labute approximate surface area is 142 Å². The van der Waals surface area contributed by atoms with Crippen LogP contribution in [-0.4, -0.2) is 62.6 Å². The minimum Gasteiger partial charge on any atom is -0.496 e. The predicted octanol–water partition coefficient (Wildman–Crippen LogP) is 1.76. The van der Waals surface area contributed by atoms with E-state index in [4.69, 9.17) is 16.3 Å². The van der Waals surface area contributed by atoms with E-state index in [9.17, 15) is 13.2 Å². The van der Waals surface area contributed by atoms with Crippen LogP contribution in [-0.2, 0) is 10.0 Å². The van der Waals surface area contributed by atoms with Crippen LogP contribution in [0.25, 0.3) is 0 Å². The van der Waals surface area contributed by atoms with Gasteiger partial charge >= 0.3 is 0 Å². The van der Waals surface area contributed by atoms with Gasteiger partial charge in [-0.3, -0.25) is 4.79 Å². The lowest BCUT2D eigenvalue weighted by atomic mass is 10.1. The van der Waals surface area contributed by atoms with Crippen molar-refractivity contribution in [1.82, 2.24) is 9.21 Å². The van der Waals surface area contributed by atoms with Gasteiger partial charge in [0, 0.05) is 31.2 Å². The number of carbonyl (C=O) groups excluding carboxylic acids is 1. The van der Waals surface area contributed by atoms with Crippen LogP contribution in [0, 0.1) is 6.92 Å². The van der Waals surface area contributed by atoms with Crippen LogP contribution in [0.4, 0.5) is 0 Å². The number of sulfonamides is 1. The molecule has 2 rings (SSSR count). The molecule has 1 aliphatic rings. The number of hydrogen-bond acceptors (Lipinski definition) is 4. The molecule has 0 aliphatic carbocycles. The first-order valence-corrected chi connectivity index (χ1v) is 9.40. The fraction of sp³-hybridized carbons (Fsp3) is 0.533. The molecular weight excluding hydrogens is 340 g/mol. The number of piperazine rings is 1. The van der Waals surface area contributed by atoms with Crippen LogP contribution in [0.15, 0.2) is 12.1 Å². The predicted molar refractivity (Wildman–Crippen MR) is 89.7 cm³/mol. The summed E-state index contributed by atoms with van der Waals surface area (Å²) >= 11 is 6.11. The number of halogens is 1. The average molecular weight is 361 g/mol. The van der Waals surface area contributed by atoms with Gasteiger partial charge in [0.15, 0.2) is 0 Å². The van der Waals surface area contributed by atoms with E-state index in [1.165, 1.54) is 11.4 Å². The molecule has 0 bridgehead atoms. The highest BCUT2D eigenvalue weighted by molar-refractivity contribution is 7.89. The first-order valence-electron chi connectivity index (χ1n) is 7.41. The largest absolute Gasteiger partial charge is 0.496 e. The number of carbonyl (C=O) groups is 1. The van der Waals surface area contributed by atoms with Crippen molar-refractivity contribution in [1.29, 1.82) is 0 Å². The summed E-state index contributed by atoms with van der Waals surface area (Å²) in [5.41, 5.74) is 1.23. The van der Waals surface area contributed by atoms with E-state index >= 15 is 0 Å². The minimum absolute atomic E-state index is 0.0718. The zero-order valence-electron chi connectivity index (χ0n) is 13.5. The molecule has 0 aromatic heterocycles. The molecule has 1 heterocycles. The van der Waals surface area contributed by atoms with E-state index in [1.54, 1.807) is 24.0 Å². The maximum Gasteiger partial charge on any atom is 0.257 e. The van der Waals surface area contributed by atoms with Gasteiger partial charge < -0.3 is 9.64 Å². The maximum absolute atomic E-state index is 12.7. The lowest BCUT2D eigenvalue weighted by Gasteiger charge is -2.34. The van der Waals surface area contributed by atoms with Gasteiger partial charge in [-0.05, 0) is 31.5 Å². The monoisotopic (exact) mass is 360 g/mol. The summed E-state index contributed by atoms with van der Waals surface area (Å²) in [7, 11) is -1.71. The van der Waals surface area contributed by atoms with E-state index in [1.807, 2.05) is 6.92 Å². The van der Waals surface area contributed by atoms with Crippen molar-refractivity contribution in [2.75, 3.05) is 39.0 Å². The Morgan fingerprint density at radius 1 is 1.26 bits per heavy atom. The normalized spacial score (nSPS) is 16.4. The third kappa shape index (κ3) is 3.79. The molecule has 0 N–H and O–H groups in total. The lowest BCUT2D eigenvalue weighted by molar-refractivity contribution is 0.0694. The number of amides is 1. The zero-order valence-corrected chi connectivity index (χ0v) is 15.1. The Balaban J connectivity index is 2.16. The number of benzene rings is 1. The molecule has 1 aromatic rings. The Morgan fingerprint density at radius 3 is 2.39 bits per heavy atom. The van der Waals surface area contributed by atoms with E-state index in [0.717, 1.165) is 5.56 Å². The van der Waals surface area contributed by atoms with Gasteiger partial charge in [-0.15, -0.1) is 0 Å². The molecule has 128 valence electrons. The Hall–Kier alpha value is -1.31. The summed E-state index contributed by atoms with van der Waals surface area (Å²) in [6.07, 6.45) is 0. The number of nitrogens with zero attached hydrogens (tertiary/aromatic N) is 2. The number of aryl methyl sites for hydroxylation is 1. The van der Waals surface area contributed by atoms with Crippen molar-refractivity contribution in [3.05, 3.63) is 28.3 Å². The molecule has 0 unspecified atom stereocenters. The molecular formula is C15H21ClN2O4S. The molecule has 23 heavy (non-hydrogen) atoms. The molecule has 1 saturated heterocycles. The number of rotatable bonds is 4. The van der Waals surface area contributed by atoms with Gasteiger partial charge in [0.1, 0.15) is 5.75 Å². The highest BCUT2D eigenvalue weighted by Crippen LogP contribution is 2.28. The first-order chi connectivity index (χ1) is 10.8. The summed E-state index contributed by atoms with van der Waals surface area (Å²) < 4.78 is 30.4. The lowest BCUT2D eigenvalue weighted by Crippen LogP contribution is -2.50. The second kappa shape index (κ2) is 7.07. The van der Waals surface area contributed by atoms with Crippen molar-refractivity contribution in [3.8, 4) is 5.75 Å². The van der Waals surface area contributed by atoms with Crippen LogP contribution in [0.5, 0.6) is 5.75 Å². The van der Waals surface area contributed by atoms with Crippen LogP contribution in [0.2, 0.25) is 5.02 Å². The standard InChI is InChI=1S/C15H21ClN2O4S/c1-4-23(20,21)18-7-5-17(6-8-18)15(19)12-10-13(16)11(2)9-14(12)22-3/h9-10H,4-8H2,1-3H3. The van der Waals surface area contributed by atoms with Crippen LogP contribution in [0.1, 0.15) is 22.8 Å². The molecule has 0 saturated carbocycles. The summed E-state index contributed by atoms with van der Waals surface area (Å²) in [5, 5.41) is 0.501. The number of hydrogen-bond donors (Lipinski definition) is 0. The van der Waals surface area contributed by atoms with Crippen molar-refractivity contribution in [3.63, 3.8) is 0 Å². The van der Waals surface area contributed by atoms with Crippen LogP contribution >= 0.6 is 11.6 Å². The first kappa shape index (κ1) is 18.0. The molecule has 1 fully saturated rings. The summed E-state index contributed by atoms with van der Waals surface area (Å²) in [5.74, 6) is 0.348. The molecule has 0 radical (unpaired) electrons. The molecule has 6 nitrogen and oxygen atoms in total. The quantitative estimate of drug-likeness (QED) is 0.820. The van der Waals surface area contributed by atoms with Crippen molar-refractivity contribution < 1.29 is 17.9 Å². The van der Waals surface area contributed by atoms with Crippen LogP contribution < -0.4 is 4.74 Å². The zero-order chi connectivity index (χ0) is 17.2. The van der Waals surface area contributed by atoms with Crippen molar-refractivity contribution in [2.24, 2.45) is 0 Å². The fourth-order valence-corrected chi connectivity index (χ4v) is 3.76. The highest BCUT2D eigenvalue weighted by atomic mass is 35.5. The highest BCUT2D eigenvalue weighted by Gasteiger charge is 2.29.